The zero-order valence-corrected chi connectivity index (χ0v) is 17.0. The second-order valence-electron chi connectivity index (χ2n) is 6.25. The molecule has 0 fully saturated rings. The fourth-order valence-corrected chi connectivity index (χ4v) is 3.81. The third-order valence-corrected chi connectivity index (χ3v) is 6.04. The summed E-state index contributed by atoms with van der Waals surface area (Å²) in [6.07, 6.45) is 1.40. The number of amides is 1. The quantitative estimate of drug-likeness (QED) is 0.646. The van der Waals surface area contributed by atoms with Crippen LogP contribution in [-0.4, -0.2) is 25.9 Å². The molecule has 0 aliphatic carbocycles. The molecule has 6 nitrogen and oxygen atoms in total. The SMILES string of the molecule is CNS(=O)(=O)c1cc(C(=O)NC(c2ccccc2)c2ccc(Cl)cc2)n(C)c1. The van der Waals surface area contributed by atoms with E-state index in [0.717, 1.165) is 11.1 Å². The number of aromatic nitrogens is 1. The molecule has 0 aliphatic heterocycles. The first-order chi connectivity index (χ1) is 13.3. The smallest absolute Gasteiger partial charge is 0.268 e. The first-order valence-electron chi connectivity index (χ1n) is 8.53. The van der Waals surface area contributed by atoms with E-state index in [1.807, 2.05) is 42.5 Å². The number of nitrogens with zero attached hydrogens (tertiary/aromatic N) is 1. The van der Waals surface area contributed by atoms with Crippen molar-refractivity contribution in [2.75, 3.05) is 7.05 Å². The predicted octanol–water partition coefficient (Wildman–Crippen LogP) is 3.11. The summed E-state index contributed by atoms with van der Waals surface area (Å²) in [4.78, 5) is 13.0. The average Bonchev–Trinajstić information content (AvgIpc) is 3.10. The summed E-state index contributed by atoms with van der Waals surface area (Å²) in [7, 11) is -0.681. The Bertz CT molecular complexity index is 1080. The van der Waals surface area contributed by atoms with Gasteiger partial charge in [-0.25, -0.2) is 13.1 Å². The molecule has 2 N–H and O–H groups in total. The molecule has 28 heavy (non-hydrogen) atoms. The Morgan fingerprint density at radius 1 is 1.04 bits per heavy atom. The van der Waals surface area contributed by atoms with E-state index >= 15 is 0 Å². The number of benzene rings is 2. The normalized spacial score (nSPS) is 12.5. The zero-order chi connectivity index (χ0) is 20.3. The van der Waals surface area contributed by atoms with Crippen molar-refractivity contribution < 1.29 is 13.2 Å². The van der Waals surface area contributed by atoms with Gasteiger partial charge in [0.2, 0.25) is 10.0 Å². The molecule has 0 saturated heterocycles. The van der Waals surface area contributed by atoms with Crippen molar-refractivity contribution >= 4 is 27.5 Å². The third-order valence-electron chi connectivity index (χ3n) is 4.40. The van der Waals surface area contributed by atoms with Gasteiger partial charge in [0.05, 0.1) is 6.04 Å². The number of halogens is 1. The number of rotatable bonds is 6. The fraction of sp³-hybridized carbons (Fsp3) is 0.150. The summed E-state index contributed by atoms with van der Waals surface area (Å²) < 4.78 is 27.8. The summed E-state index contributed by atoms with van der Waals surface area (Å²) in [5.41, 5.74) is 2.00. The lowest BCUT2D eigenvalue weighted by Crippen LogP contribution is -2.30. The minimum absolute atomic E-state index is 0.0328. The van der Waals surface area contributed by atoms with Crippen molar-refractivity contribution in [3.05, 3.63) is 88.7 Å². The molecule has 0 spiro atoms. The van der Waals surface area contributed by atoms with E-state index in [0.29, 0.717) is 5.02 Å². The van der Waals surface area contributed by atoms with E-state index < -0.39 is 16.1 Å². The third kappa shape index (κ3) is 4.27. The number of aryl methyl sites for hydroxylation is 1. The van der Waals surface area contributed by atoms with Crippen molar-refractivity contribution in [3.63, 3.8) is 0 Å². The molecule has 8 heteroatoms. The Morgan fingerprint density at radius 3 is 2.25 bits per heavy atom. The summed E-state index contributed by atoms with van der Waals surface area (Å²) in [6, 6.07) is 17.7. The maximum Gasteiger partial charge on any atom is 0.268 e. The maximum absolute atomic E-state index is 12.9. The average molecular weight is 418 g/mol. The second kappa shape index (κ2) is 8.18. The highest BCUT2D eigenvalue weighted by molar-refractivity contribution is 7.89. The lowest BCUT2D eigenvalue weighted by molar-refractivity contribution is 0.0934. The molecule has 2 aromatic carbocycles. The summed E-state index contributed by atoms with van der Waals surface area (Å²) in [6.45, 7) is 0. The van der Waals surface area contributed by atoms with Gasteiger partial charge < -0.3 is 9.88 Å². The Morgan fingerprint density at radius 2 is 1.64 bits per heavy atom. The number of carbonyl (C=O) groups is 1. The fourth-order valence-electron chi connectivity index (χ4n) is 2.89. The molecular weight excluding hydrogens is 398 g/mol. The molecule has 0 aliphatic rings. The topological polar surface area (TPSA) is 80.2 Å². The van der Waals surface area contributed by atoms with Gasteiger partial charge in [-0.3, -0.25) is 4.79 Å². The summed E-state index contributed by atoms with van der Waals surface area (Å²) >= 11 is 5.99. The Hall–Kier alpha value is -2.61. The highest BCUT2D eigenvalue weighted by atomic mass is 35.5. The Labute approximate surface area is 169 Å². The van der Waals surface area contributed by atoms with Crippen LogP contribution in [-0.2, 0) is 17.1 Å². The molecular formula is C20H20ClN3O3S. The van der Waals surface area contributed by atoms with Crippen LogP contribution in [0.2, 0.25) is 5.02 Å². The van der Waals surface area contributed by atoms with Crippen LogP contribution in [0.25, 0.3) is 0 Å². The first kappa shape index (κ1) is 20.1. The van der Waals surface area contributed by atoms with Crippen molar-refractivity contribution in [1.82, 2.24) is 14.6 Å². The molecule has 1 aromatic heterocycles. The van der Waals surface area contributed by atoms with Crippen LogP contribution >= 0.6 is 11.6 Å². The number of hydrogen-bond acceptors (Lipinski definition) is 3. The Balaban J connectivity index is 1.95. The number of hydrogen-bond donors (Lipinski definition) is 2. The van der Waals surface area contributed by atoms with Crippen LogP contribution in [0.4, 0.5) is 0 Å². The summed E-state index contributed by atoms with van der Waals surface area (Å²) in [5.74, 6) is -0.385. The highest BCUT2D eigenvalue weighted by Gasteiger charge is 2.22. The van der Waals surface area contributed by atoms with Gasteiger partial charge in [-0.15, -0.1) is 0 Å². The van der Waals surface area contributed by atoms with Crippen LogP contribution in [0.1, 0.15) is 27.7 Å². The molecule has 1 amide bonds. The van der Waals surface area contributed by atoms with Crippen molar-refractivity contribution in [2.24, 2.45) is 7.05 Å². The number of sulfonamides is 1. The van der Waals surface area contributed by atoms with Crippen LogP contribution < -0.4 is 10.0 Å². The number of nitrogens with one attached hydrogen (secondary N) is 2. The lowest BCUT2D eigenvalue weighted by atomic mass is 9.98. The van der Waals surface area contributed by atoms with E-state index in [9.17, 15) is 13.2 Å². The molecule has 0 bridgehead atoms. The minimum atomic E-state index is -3.64. The molecule has 0 radical (unpaired) electrons. The zero-order valence-electron chi connectivity index (χ0n) is 15.4. The predicted molar refractivity (Wildman–Crippen MR) is 109 cm³/mol. The number of carbonyl (C=O) groups excluding carboxylic acids is 1. The van der Waals surface area contributed by atoms with E-state index in [4.69, 9.17) is 11.6 Å². The van der Waals surface area contributed by atoms with Crippen molar-refractivity contribution in [1.29, 1.82) is 0 Å². The van der Waals surface area contributed by atoms with Gasteiger partial charge in [0.1, 0.15) is 10.6 Å². The van der Waals surface area contributed by atoms with E-state index in [1.165, 1.54) is 23.9 Å². The molecule has 3 rings (SSSR count). The molecule has 1 unspecified atom stereocenters. The van der Waals surface area contributed by atoms with Crippen molar-refractivity contribution in [3.8, 4) is 0 Å². The van der Waals surface area contributed by atoms with Crippen LogP contribution in [0, 0.1) is 0 Å². The maximum atomic E-state index is 12.9. The largest absolute Gasteiger partial charge is 0.345 e. The minimum Gasteiger partial charge on any atom is -0.345 e. The van der Waals surface area contributed by atoms with Crippen LogP contribution in [0.15, 0.2) is 71.8 Å². The lowest BCUT2D eigenvalue weighted by Gasteiger charge is -2.20. The first-order valence-corrected chi connectivity index (χ1v) is 10.4. The van der Waals surface area contributed by atoms with Gasteiger partial charge in [0, 0.05) is 18.3 Å². The molecule has 146 valence electrons. The van der Waals surface area contributed by atoms with E-state index in [-0.39, 0.29) is 16.5 Å². The van der Waals surface area contributed by atoms with Gasteiger partial charge in [0.25, 0.3) is 5.91 Å². The molecule has 1 heterocycles. The highest BCUT2D eigenvalue weighted by Crippen LogP contribution is 2.24. The summed E-state index contributed by atoms with van der Waals surface area (Å²) in [5, 5.41) is 3.59. The van der Waals surface area contributed by atoms with E-state index in [2.05, 4.69) is 10.0 Å². The van der Waals surface area contributed by atoms with Gasteiger partial charge in [0.15, 0.2) is 0 Å². The van der Waals surface area contributed by atoms with Gasteiger partial charge >= 0.3 is 0 Å². The standard InChI is InChI=1S/C20H20ClN3O3S/c1-22-28(26,27)17-12-18(24(2)13-17)20(25)23-19(14-6-4-3-5-7-14)15-8-10-16(21)11-9-15/h3-13,19,22H,1-2H3,(H,23,25). The van der Waals surface area contributed by atoms with E-state index in [1.54, 1.807) is 19.2 Å². The molecule has 0 saturated carbocycles. The van der Waals surface area contributed by atoms with Crippen LogP contribution in [0.3, 0.4) is 0 Å². The monoisotopic (exact) mass is 417 g/mol. The molecule has 3 aromatic rings. The van der Waals surface area contributed by atoms with Gasteiger partial charge in [-0.05, 0) is 36.4 Å². The second-order valence-corrected chi connectivity index (χ2v) is 8.57. The molecule has 1 atom stereocenters. The van der Waals surface area contributed by atoms with Gasteiger partial charge in [-0.2, -0.15) is 0 Å². The van der Waals surface area contributed by atoms with Gasteiger partial charge in [-0.1, -0.05) is 54.1 Å². The Kier molecular flexibility index (Phi) is 5.88. The van der Waals surface area contributed by atoms with Crippen molar-refractivity contribution in [2.45, 2.75) is 10.9 Å². The van der Waals surface area contributed by atoms with Crippen LogP contribution in [0.5, 0.6) is 0 Å².